The van der Waals surface area contributed by atoms with Crippen LogP contribution in [0.2, 0.25) is 0 Å². The molecule has 1 heterocycles. The maximum Gasteiger partial charge on any atom is 0.338 e. The molecule has 9 nitrogen and oxygen atoms in total. The highest BCUT2D eigenvalue weighted by molar-refractivity contribution is 7.89. The van der Waals surface area contributed by atoms with Crippen molar-refractivity contribution in [1.29, 1.82) is 0 Å². The fourth-order valence-electron chi connectivity index (χ4n) is 1.99. The number of rotatable bonds is 6. The topological polar surface area (TPSA) is 128 Å². The van der Waals surface area contributed by atoms with Gasteiger partial charge in [-0.1, -0.05) is 12.1 Å². The molecule has 0 fully saturated rings. The lowest BCUT2D eigenvalue weighted by molar-refractivity contribution is 0.0462. The average Bonchev–Trinajstić information content (AvgIpc) is 2.50. The van der Waals surface area contributed by atoms with Gasteiger partial charge in [-0.2, -0.15) is 15.0 Å². The van der Waals surface area contributed by atoms with Gasteiger partial charge in [0.05, 0.1) is 11.3 Å². The van der Waals surface area contributed by atoms with E-state index in [9.17, 15) is 13.2 Å². The molecule has 1 aromatic carbocycles. The normalized spacial score (nSPS) is 11.2. The summed E-state index contributed by atoms with van der Waals surface area (Å²) in [6.45, 7) is -0.178. The second-order valence-electron chi connectivity index (χ2n) is 5.65. The van der Waals surface area contributed by atoms with Crippen LogP contribution < -0.4 is 10.6 Å². The minimum atomic E-state index is -3.19. The van der Waals surface area contributed by atoms with E-state index in [4.69, 9.17) is 10.5 Å². The number of anilines is 2. The number of nitrogen functional groups attached to an aromatic ring is 1. The second-order valence-corrected chi connectivity index (χ2v) is 7.79. The zero-order valence-electron chi connectivity index (χ0n) is 14.1. The van der Waals surface area contributed by atoms with Crippen LogP contribution >= 0.6 is 0 Å². The van der Waals surface area contributed by atoms with Crippen LogP contribution in [0.5, 0.6) is 0 Å². The van der Waals surface area contributed by atoms with Gasteiger partial charge in [0, 0.05) is 20.4 Å². The summed E-state index contributed by atoms with van der Waals surface area (Å²) in [6.07, 6.45) is 1.13. The molecule has 0 aliphatic carbocycles. The van der Waals surface area contributed by atoms with Crippen LogP contribution in [0.25, 0.3) is 0 Å². The van der Waals surface area contributed by atoms with Crippen molar-refractivity contribution in [1.82, 2.24) is 15.0 Å². The number of ether oxygens (including phenoxy) is 1. The van der Waals surface area contributed by atoms with Crippen molar-refractivity contribution in [3.63, 3.8) is 0 Å². The molecule has 2 aromatic rings. The Labute approximate surface area is 145 Å². The summed E-state index contributed by atoms with van der Waals surface area (Å²) in [5.74, 6) is -0.157. The van der Waals surface area contributed by atoms with Crippen LogP contribution in [-0.4, -0.2) is 49.7 Å². The molecule has 0 saturated heterocycles. The first-order chi connectivity index (χ1) is 11.6. The number of benzene rings is 1. The summed E-state index contributed by atoms with van der Waals surface area (Å²) < 4.78 is 27.9. The van der Waals surface area contributed by atoms with Gasteiger partial charge in [0.25, 0.3) is 0 Å². The molecule has 25 heavy (non-hydrogen) atoms. The molecule has 134 valence electrons. The van der Waals surface area contributed by atoms with Gasteiger partial charge in [0.1, 0.15) is 0 Å². The lowest BCUT2D eigenvalue weighted by atomic mass is 10.1. The Morgan fingerprint density at radius 1 is 1.24 bits per heavy atom. The molecule has 0 amide bonds. The summed E-state index contributed by atoms with van der Waals surface area (Å²) in [5.41, 5.74) is 6.36. The van der Waals surface area contributed by atoms with E-state index >= 15 is 0 Å². The third-order valence-electron chi connectivity index (χ3n) is 3.01. The number of sulfone groups is 1. The van der Waals surface area contributed by atoms with Crippen molar-refractivity contribution in [2.45, 2.75) is 12.4 Å². The van der Waals surface area contributed by atoms with Crippen LogP contribution in [0.1, 0.15) is 21.7 Å². The molecule has 1 aromatic heterocycles. The molecule has 0 aliphatic rings. The van der Waals surface area contributed by atoms with Gasteiger partial charge in [-0.05, 0) is 17.7 Å². The standard InChI is InChI=1S/C15H19N5O4S/c1-20(2)15-18-12(17-14(16)19-15)8-24-13(21)11-6-4-5-10(7-11)9-25(3,22)23/h4-7H,8-9H2,1-3H3,(H2,16,17,18,19). The molecular weight excluding hydrogens is 346 g/mol. The van der Waals surface area contributed by atoms with Gasteiger partial charge in [-0.3, -0.25) is 0 Å². The minimum Gasteiger partial charge on any atom is -0.454 e. The van der Waals surface area contributed by atoms with Gasteiger partial charge in [-0.25, -0.2) is 13.2 Å². The zero-order valence-corrected chi connectivity index (χ0v) is 14.9. The molecular formula is C15H19N5O4S. The van der Waals surface area contributed by atoms with Crippen LogP contribution in [0.3, 0.4) is 0 Å². The predicted octanol–water partition coefficient (Wildman–Crippen LogP) is 0.421. The van der Waals surface area contributed by atoms with Crippen molar-refractivity contribution in [3.8, 4) is 0 Å². The molecule has 0 spiro atoms. The highest BCUT2D eigenvalue weighted by atomic mass is 32.2. The number of hydrogen-bond donors (Lipinski definition) is 1. The number of nitrogens with two attached hydrogens (primary N) is 1. The van der Waals surface area contributed by atoms with E-state index in [-0.39, 0.29) is 29.7 Å². The van der Waals surface area contributed by atoms with Crippen LogP contribution in [-0.2, 0) is 26.9 Å². The lowest BCUT2D eigenvalue weighted by Crippen LogP contribution is -2.17. The van der Waals surface area contributed by atoms with Crippen molar-refractivity contribution < 1.29 is 17.9 Å². The summed E-state index contributed by atoms with van der Waals surface area (Å²) in [4.78, 5) is 25.8. The number of hydrogen-bond acceptors (Lipinski definition) is 9. The molecule has 0 saturated carbocycles. The first-order valence-corrected chi connectivity index (χ1v) is 9.31. The first kappa shape index (κ1) is 18.6. The first-order valence-electron chi connectivity index (χ1n) is 7.25. The van der Waals surface area contributed by atoms with E-state index in [0.29, 0.717) is 11.5 Å². The molecule has 2 rings (SSSR count). The second kappa shape index (κ2) is 7.43. The maximum absolute atomic E-state index is 12.2. The van der Waals surface area contributed by atoms with Gasteiger partial charge < -0.3 is 15.4 Å². The summed E-state index contributed by atoms with van der Waals surface area (Å²) >= 11 is 0. The quantitative estimate of drug-likeness (QED) is 0.724. The Hall–Kier alpha value is -2.75. The summed E-state index contributed by atoms with van der Waals surface area (Å²) in [5, 5.41) is 0. The van der Waals surface area contributed by atoms with E-state index in [0.717, 1.165) is 6.26 Å². The SMILES string of the molecule is CN(C)c1nc(N)nc(COC(=O)c2cccc(CS(C)(=O)=O)c2)n1. The fraction of sp³-hybridized carbons (Fsp3) is 0.333. The van der Waals surface area contributed by atoms with E-state index in [1.807, 2.05) is 0 Å². The predicted molar refractivity (Wildman–Crippen MR) is 92.7 cm³/mol. The van der Waals surface area contributed by atoms with Crippen molar-refractivity contribution in [2.24, 2.45) is 0 Å². The molecule has 10 heteroatoms. The monoisotopic (exact) mass is 365 g/mol. The Balaban J connectivity index is 2.09. The fourth-order valence-corrected chi connectivity index (χ4v) is 2.78. The molecule has 0 radical (unpaired) electrons. The number of carbonyl (C=O) groups excluding carboxylic acids is 1. The Morgan fingerprint density at radius 3 is 2.60 bits per heavy atom. The Morgan fingerprint density at radius 2 is 1.96 bits per heavy atom. The Kier molecular flexibility index (Phi) is 5.52. The number of carbonyl (C=O) groups is 1. The maximum atomic E-state index is 12.2. The summed E-state index contributed by atoms with van der Waals surface area (Å²) in [6, 6.07) is 6.26. The smallest absolute Gasteiger partial charge is 0.338 e. The van der Waals surface area contributed by atoms with E-state index in [1.165, 1.54) is 6.07 Å². The van der Waals surface area contributed by atoms with E-state index in [2.05, 4.69) is 15.0 Å². The minimum absolute atomic E-state index is 0.0277. The highest BCUT2D eigenvalue weighted by Crippen LogP contribution is 2.12. The number of nitrogens with zero attached hydrogens (tertiary/aromatic N) is 4. The van der Waals surface area contributed by atoms with Crippen LogP contribution in [0.4, 0.5) is 11.9 Å². The van der Waals surface area contributed by atoms with Crippen LogP contribution in [0.15, 0.2) is 24.3 Å². The van der Waals surface area contributed by atoms with Crippen molar-refractivity contribution in [2.75, 3.05) is 31.0 Å². The van der Waals surface area contributed by atoms with E-state index < -0.39 is 15.8 Å². The number of esters is 1. The molecule has 0 unspecified atom stereocenters. The zero-order chi connectivity index (χ0) is 18.6. The van der Waals surface area contributed by atoms with Gasteiger partial charge >= 0.3 is 5.97 Å². The largest absolute Gasteiger partial charge is 0.454 e. The van der Waals surface area contributed by atoms with Crippen molar-refractivity contribution >= 4 is 27.7 Å². The molecule has 0 bridgehead atoms. The molecule has 2 N–H and O–H groups in total. The van der Waals surface area contributed by atoms with Crippen molar-refractivity contribution in [3.05, 3.63) is 41.2 Å². The molecule has 0 aliphatic heterocycles. The average molecular weight is 365 g/mol. The Bertz CT molecular complexity index is 883. The number of aromatic nitrogens is 3. The third-order valence-corrected chi connectivity index (χ3v) is 3.87. The third kappa shape index (κ3) is 5.68. The van der Waals surface area contributed by atoms with Crippen LogP contribution in [0, 0.1) is 0 Å². The lowest BCUT2D eigenvalue weighted by Gasteiger charge is -2.11. The molecule has 0 atom stereocenters. The van der Waals surface area contributed by atoms with Gasteiger partial charge in [-0.15, -0.1) is 0 Å². The van der Waals surface area contributed by atoms with E-state index in [1.54, 1.807) is 37.2 Å². The summed E-state index contributed by atoms with van der Waals surface area (Å²) in [7, 11) is 0.306. The highest BCUT2D eigenvalue weighted by Gasteiger charge is 2.13. The van der Waals surface area contributed by atoms with Gasteiger partial charge in [0.2, 0.25) is 11.9 Å². The van der Waals surface area contributed by atoms with Gasteiger partial charge in [0.15, 0.2) is 22.3 Å².